The van der Waals surface area contributed by atoms with Gasteiger partial charge in [-0.25, -0.2) is 4.79 Å². The van der Waals surface area contributed by atoms with Crippen molar-refractivity contribution >= 4 is 17.6 Å². The summed E-state index contributed by atoms with van der Waals surface area (Å²) in [6, 6.07) is 1.10. The average Bonchev–Trinajstić information content (AvgIpc) is 2.60. The van der Waals surface area contributed by atoms with Crippen LogP contribution in [0.1, 0.15) is 53.8 Å². The van der Waals surface area contributed by atoms with Crippen LogP contribution in [0.2, 0.25) is 0 Å². The number of methoxy groups -OCH3 is 1. The van der Waals surface area contributed by atoms with Crippen LogP contribution < -0.4 is 4.74 Å². The molecule has 1 aliphatic rings. The molecule has 1 saturated heterocycles. The summed E-state index contributed by atoms with van der Waals surface area (Å²) < 4.78 is 10.0. The molecule has 0 atom stereocenters. The standard InChI is InChI=1S/C17H22N2O7/c1-10(2)26-17(22)11-9-12(25-3)15(20)14(19(23)24)13(11)16(21)18-7-5-4-6-8-18/h9-10,20H,4-8H2,1-3H3. The van der Waals surface area contributed by atoms with Crippen LogP contribution in [0, 0.1) is 10.1 Å². The van der Waals surface area contributed by atoms with E-state index in [1.807, 2.05) is 0 Å². The van der Waals surface area contributed by atoms with Crippen molar-refractivity contribution in [3.05, 3.63) is 27.3 Å². The predicted octanol–water partition coefficient (Wildman–Crippen LogP) is 2.50. The minimum Gasteiger partial charge on any atom is -0.499 e. The van der Waals surface area contributed by atoms with Crippen LogP contribution in [0.15, 0.2) is 6.07 Å². The molecule has 0 radical (unpaired) electrons. The number of carbonyl (C=O) groups excluding carboxylic acids is 2. The van der Waals surface area contributed by atoms with Crippen LogP contribution in [0.3, 0.4) is 0 Å². The van der Waals surface area contributed by atoms with Gasteiger partial charge in [-0.3, -0.25) is 14.9 Å². The lowest BCUT2D eigenvalue weighted by molar-refractivity contribution is -0.386. The molecule has 9 nitrogen and oxygen atoms in total. The Kier molecular flexibility index (Phi) is 6.01. The third-order valence-corrected chi connectivity index (χ3v) is 4.06. The number of piperidine rings is 1. The highest BCUT2D eigenvalue weighted by atomic mass is 16.6. The van der Waals surface area contributed by atoms with E-state index < -0.39 is 39.9 Å². The summed E-state index contributed by atoms with van der Waals surface area (Å²) >= 11 is 0. The van der Waals surface area contributed by atoms with Gasteiger partial charge in [0.2, 0.25) is 5.75 Å². The van der Waals surface area contributed by atoms with Gasteiger partial charge in [-0.1, -0.05) is 0 Å². The Balaban J connectivity index is 2.67. The lowest BCUT2D eigenvalue weighted by atomic mass is 10.0. The molecule has 1 aliphatic heterocycles. The van der Waals surface area contributed by atoms with Crippen molar-refractivity contribution in [3.63, 3.8) is 0 Å². The first-order valence-electron chi connectivity index (χ1n) is 8.36. The molecule has 142 valence electrons. The fourth-order valence-corrected chi connectivity index (χ4v) is 2.88. The smallest absolute Gasteiger partial charge is 0.339 e. The largest absolute Gasteiger partial charge is 0.499 e. The van der Waals surface area contributed by atoms with Crippen LogP contribution in [0.5, 0.6) is 11.5 Å². The quantitative estimate of drug-likeness (QED) is 0.483. The zero-order valence-electron chi connectivity index (χ0n) is 15.0. The van der Waals surface area contributed by atoms with Crippen molar-refractivity contribution in [1.82, 2.24) is 4.90 Å². The van der Waals surface area contributed by atoms with Crippen molar-refractivity contribution in [2.45, 2.75) is 39.2 Å². The van der Waals surface area contributed by atoms with E-state index in [0.29, 0.717) is 13.1 Å². The first kappa shape index (κ1) is 19.5. The van der Waals surface area contributed by atoms with Gasteiger partial charge in [0.1, 0.15) is 5.56 Å². The highest BCUT2D eigenvalue weighted by Gasteiger charge is 2.37. The maximum Gasteiger partial charge on any atom is 0.339 e. The zero-order valence-corrected chi connectivity index (χ0v) is 15.0. The summed E-state index contributed by atoms with van der Waals surface area (Å²) in [6.07, 6.45) is 2.02. The number of aromatic hydroxyl groups is 1. The molecule has 0 aliphatic carbocycles. The molecule has 2 rings (SSSR count). The SMILES string of the molecule is COc1cc(C(=O)OC(C)C)c(C(=O)N2CCCCC2)c([N+](=O)[O-])c1O. The van der Waals surface area contributed by atoms with Crippen molar-refractivity contribution in [1.29, 1.82) is 0 Å². The number of esters is 1. The molecule has 9 heteroatoms. The van der Waals surface area contributed by atoms with Crippen molar-refractivity contribution in [3.8, 4) is 11.5 Å². The van der Waals surface area contributed by atoms with Crippen LogP contribution in [-0.2, 0) is 4.74 Å². The molecule has 1 heterocycles. The summed E-state index contributed by atoms with van der Waals surface area (Å²) in [5.41, 5.74) is -1.62. The molecule has 0 spiro atoms. The Hall–Kier alpha value is -2.84. The van der Waals surface area contributed by atoms with Gasteiger partial charge in [-0.2, -0.15) is 0 Å². The summed E-state index contributed by atoms with van der Waals surface area (Å²) in [5.74, 6) is -2.63. The Labute approximate surface area is 150 Å². The second kappa shape index (κ2) is 8.03. The molecule has 1 amide bonds. The molecule has 0 bridgehead atoms. The number of benzene rings is 1. The third kappa shape index (κ3) is 3.87. The number of carbonyl (C=O) groups is 2. The van der Waals surface area contributed by atoms with Gasteiger partial charge in [0.15, 0.2) is 5.75 Å². The normalized spacial score (nSPS) is 14.2. The van der Waals surface area contributed by atoms with E-state index in [1.54, 1.807) is 13.8 Å². The number of phenolic OH excluding ortho intramolecular Hbond substituents is 1. The van der Waals surface area contributed by atoms with E-state index in [-0.39, 0.29) is 11.3 Å². The summed E-state index contributed by atoms with van der Waals surface area (Å²) in [4.78, 5) is 37.5. The number of hydrogen-bond acceptors (Lipinski definition) is 7. The lowest BCUT2D eigenvalue weighted by Crippen LogP contribution is -2.37. The van der Waals surface area contributed by atoms with E-state index in [1.165, 1.54) is 12.0 Å². The number of rotatable bonds is 5. The number of amides is 1. The van der Waals surface area contributed by atoms with Gasteiger partial charge < -0.3 is 19.5 Å². The van der Waals surface area contributed by atoms with Crippen molar-refractivity contribution in [2.75, 3.05) is 20.2 Å². The molecule has 0 saturated carbocycles. The predicted molar refractivity (Wildman–Crippen MR) is 91.6 cm³/mol. The van der Waals surface area contributed by atoms with Crippen LogP contribution in [0.25, 0.3) is 0 Å². The maximum atomic E-state index is 12.9. The molecule has 1 fully saturated rings. The first-order chi connectivity index (χ1) is 12.3. The van der Waals surface area contributed by atoms with Crippen LogP contribution in [0.4, 0.5) is 5.69 Å². The minimum absolute atomic E-state index is 0.275. The summed E-state index contributed by atoms with van der Waals surface area (Å²) in [6.45, 7) is 4.11. The van der Waals surface area contributed by atoms with E-state index in [0.717, 1.165) is 25.3 Å². The molecule has 1 aromatic carbocycles. The number of likely N-dealkylation sites (tertiary alicyclic amines) is 1. The fourth-order valence-electron chi connectivity index (χ4n) is 2.88. The number of phenols is 1. The van der Waals surface area contributed by atoms with Gasteiger partial charge in [-0.15, -0.1) is 0 Å². The van der Waals surface area contributed by atoms with Crippen LogP contribution in [-0.4, -0.2) is 53.1 Å². The van der Waals surface area contributed by atoms with Crippen molar-refractivity contribution < 1.29 is 29.1 Å². The molecule has 0 unspecified atom stereocenters. The Morgan fingerprint density at radius 3 is 2.38 bits per heavy atom. The average molecular weight is 366 g/mol. The first-order valence-corrected chi connectivity index (χ1v) is 8.36. The van der Waals surface area contributed by atoms with E-state index in [2.05, 4.69) is 0 Å². The number of hydrogen-bond donors (Lipinski definition) is 1. The minimum atomic E-state index is -0.888. The summed E-state index contributed by atoms with van der Waals surface area (Å²) in [7, 11) is 1.20. The highest BCUT2D eigenvalue weighted by molar-refractivity contribution is 6.09. The Morgan fingerprint density at radius 2 is 1.88 bits per heavy atom. The summed E-state index contributed by atoms with van der Waals surface area (Å²) in [5, 5.41) is 21.7. The van der Waals surface area contributed by atoms with E-state index in [9.17, 15) is 24.8 Å². The number of nitro benzene ring substituents is 1. The van der Waals surface area contributed by atoms with Gasteiger partial charge in [0.25, 0.3) is 5.91 Å². The Morgan fingerprint density at radius 1 is 1.27 bits per heavy atom. The monoisotopic (exact) mass is 366 g/mol. The highest BCUT2D eigenvalue weighted by Crippen LogP contribution is 2.41. The van der Waals surface area contributed by atoms with Gasteiger partial charge in [0, 0.05) is 13.1 Å². The lowest BCUT2D eigenvalue weighted by Gasteiger charge is -2.27. The topological polar surface area (TPSA) is 119 Å². The fraction of sp³-hybridized carbons (Fsp3) is 0.529. The van der Waals surface area contributed by atoms with Gasteiger partial charge in [-0.05, 0) is 39.2 Å². The third-order valence-electron chi connectivity index (χ3n) is 4.06. The molecular formula is C17H22N2O7. The Bertz CT molecular complexity index is 724. The number of ether oxygens (including phenoxy) is 2. The molecule has 26 heavy (non-hydrogen) atoms. The maximum absolute atomic E-state index is 12.9. The van der Waals surface area contributed by atoms with E-state index >= 15 is 0 Å². The number of nitrogens with zero attached hydrogens (tertiary/aromatic N) is 2. The van der Waals surface area contributed by atoms with E-state index in [4.69, 9.17) is 9.47 Å². The van der Waals surface area contributed by atoms with Crippen LogP contribution >= 0.6 is 0 Å². The second-order valence-corrected chi connectivity index (χ2v) is 6.26. The van der Waals surface area contributed by atoms with Gasteiger partial charge >= 0.3 is 11.7 Å². The molecule has 1 aromatic rings. The number of nitro groups is 1. The second-order valence-electron chi connectivity index (χ2n) is 6.26. The zero-order chi connectivity index (χ0) is 19.4. The van der Waals surface area contributed by atoms with Gasteiger partial charge in [0.05, 0.1) is 23.7 Å². The van der Waals surface area contributed by atoms with Crippen molar-refractivity contribution in [2.24, 2.45) is 0 Å². The molecule has 1 N–H and O–H groups in total. The molecule has 0 aromatic heterocycles. The molecular weight excluding hydrogens is 344 g/mol.